The molecule has 0 bridgehead atoms. The number of hydrogen-bond acceptors (Lipinski definition) is 4. The zero-order valence-electron chi connectivity index (χ0n) is 18.0. The molecule has 162 valence electrons. The molecule has 0 aliphatic rings. The number of alkyl halides is 2. The fourth-order valence-electron chi connectivity index (χ4n) is 3.08. The molecule has 0 fully saturated rings. The molecule has 2 aromatic rings. The lowest BCUT2D eigenvalue weighted by Gasteiger charge is -2.18. The molecular formula is C23H28F2N2O3. The van der Waals surface area contributed by atoms with Gasteiger partial charge in [-0.1, -0.05) is 19.9 Å². The van der Waals surface area contributed by atoms with Gasteiger partial charge in [0.25, 0.3) is 12.3 Å². The van der Waals surface area contributed by atoms with Crippen LogP contribution in [0.4, 0.5) is 8.78 Å². The summed E-state index contributed by atoms with van der Waals surface area (Å²) in [5.41, 5.74) is 3.36. The molecule has 1 heterocycles. The second kappa shape index (κ2) is 10.3. The molecule has 2 rings (SSSR count). The van der Waals surface area contributed by atoms with Crippen LogP contribution >= 0.6 is 0 Å². The van der Waals surface area contributed by atoms with Crippen LogP contribution in [0.3, 0.4) is 0 Å². The summed E-state index contributed by atoms with van der Waals surface area (Å²) in [5, 5.41) is 2.94. The summed E-state index contributed by atoms with van der Waals surface area (Å²) in [5.74, 6) is 0.0563. The van der Waals surface area contributed by atoms with Crippen molar-refractivity contribution in [2.24, 2.45) is 5.92 Å². The molecule has 0 radical (unpaired) electrons. The van der Waals surface area contributed by atoms with E-state index >= 15 is 0 Å². The van der Waals surface area contributed by atoms with Crippen molar-refractivity contribution in [3.8, 4) is 5.75 Å². The summed E-state index contributed by atoms with van der Waals surface area (Å²) in [7, 11) is 0. The van der Waals surface area contributed by atoms with Crippen molar-refractivity contribution in [1.29, 1.82) is 0 Å². The normalized spacial score (nSPS) is 12.2. The minimum atomic E-state index is -2.53. The minimum absolute atomic E-state index is 0.0672. The lowest BCUT2D eigenvalue weighted by atomic mass is 10.0. The Labute approximate surface area is 175 Å². The number of pyridine rings is 1. The van der Waals surface area contributed by atoms with E-state index in [0.29, 0.717) is 22.7 Å². The van der Waals surface area contributed by atoms with E-state index in [0.717, 1.165) is 11.1 Å². The minimum Gasteiger partial charge on any atom is -0.488 e. The van der Waals surface area contributed by atoms with E-state index in [2.05, 4.69) is 10.3 Å². The van der Waals surface area contributed by atoms with Crippen molar-refractivity contribution in [3.63, 3.8) is 0 Å². The predicted molar refractivity (Wildman–Crippen MR) is 111 cm³/mol. The van der Waals surface area contributed by atoms with Gasteiger partial charge < -0.3 is 10.1 Å². The highest BCUT2D eigenvalue weighted by Crippen LogP contribution is 2.23. The van der Waals surface area contributed by atoms with E-state index in [1.807, 2.05) is 27.7 Å². The third-order valence-corrected chi connectivity index (χ3v) is 4.70. The molecule has 0 spiro atoms. The van der Waals surface area contributed by atoms with Crippen molar-refractivity contribution < 1.29 is 23.1 Å². The predicted octanol–water partition coefficient (Wildman–Crippen LogP) is 4.60. The number of aromatic nitrogens is 1. The van der Waals surface area contributed by atoms with E-state index in [1.165, 1.54) is 0 Å². The van der Waals surface area contributed by atoms with E-state index < -0.39 is 13.0 Å². The van der Waals surface area contributed by atoms with Gasteiger partial charge in [0.2, 0.25) is 0 Å². The van der Waals surface area contributed by atoms with Crippen LogP contribution in [0.15, 0.2) is 30.3 Å². The molecule has 5 nitrogen and oxygen atoms in total. The number of hydrogen-bond donors (Lipinski definition) is 1. The topological polar surface area (TPSA) is 68.3 Å². The third kappa shape index (κ3) is 6.61. The van der Waals surface area contributed by atoms with Crippen molar-refractivity contribution in [2.75, 3.05) is 6.61 Å². The number of carbonyl (C=O) groups is 2. The van der Waals surface area contributed by atoms with Crippen molar-refractivity contribution >= 4 is 11.7 Å². The molecule has 0 aliphatic heterocycles. The molecule has 1 aromatic heterocycles. The Balaban J connectivity index is 2.12. The average Bonchev–Trinajstić information content (AvgIpc) is 2.65. The second-order valence-corrected chi connectivity index (χ2v) is 7.70. The summed E-state index contributed by atoms with van der Waals surface area (Å²) in [6.45, 7) is 8.47. The van der Waals surface area contributed by atoms with E-state index in [9.17, 15) is 18.4 Å². The fourth-order valence-corrected chi connectivity index (χ4v) is 3.08. The van der Waals surface area contributed by atoms with E-state index in [-0.39, 0.29) is 30.1 Å². The first-order chi connectivity index (χ1) is 14.1. The molecular weight excluding hydrogens is 390 g/mol. The number of halogens is 2. The van der Waals surface area contributed by atoms with Crippen molar-refractivity contribution in [3.05, 3.63) is 58.4 Å². The summed E-state index contributed by atoms with van der Waals surface area (Å²) in [6, 6.07) is 8.05. The molecule has 1 atom stereocenters. The smallest absolute Gasteiger partial charge is 0.272 e. The highest BCUT2D eigenvalue weighted by Gasteiger charge is 2.17. The van der Waals surface area contributed by atoms with Crippen molar-refractivity contribution in [2.45, 2.75) is 53.5 Å². The molecule has 7 heteroatoms. The van der Waals surface area contributed by atoms with Crippen LogP contribution in [0.5, 0.6) is 5.75 Å². The number of nitrogens with one attached hydrogen (secondary N) is 1. The SMILES string of the molecule is Cc1cc(C(=O)NC(C)c2ccc(OCC(F)F)cc2C)cc(CC(=O)C(C)C)n1. The van der Waals surface area contributed by atoms with Crippen LogP contribution < -0.4 is 10.1 Å². The maximum atomic E-state index is 12.8. The Morgan fingerprint density at radius 3 is 2.40 bits per heavy atom. The number of rotatable bonds is 9. The van der Waals surface area contributed by atoms with Crippen LogP contribution in [-0.4, -0.2) is 29.7 Å². The van der Waals surface area contributed by atoms with Gasteiger partial charge in [0.15, 0.2) is 0 Å². The average molecular weight is 418 g/mol. The standard InChI is InChI=1S/C23H28F2N2O3/c1-13(2)21(28)11-18-10-17(9-15(4)26-18)23(29)27-16(5)20-7-6-19(8-14(20)3)30-12-22(24)25/h6-10,13,16,22H,11-12H2,1-5H3,(H,27,29). The van der Waals surface area contributed by atoms with Crippen LogP contribution in [0.25, 0.3) is 0 Å². The van der Waals surface area contributed by atoms with Crippen LogP contribution in [0.1, 0.15) is 59.7 Å². The molecule has 0 saturated heterocycles. The number of Topliss-reactive ketones (excluding diaryl/α,β-unsaturated/α-hetero) is 1. The highest BCUT2D eigenvalue weighted by molar-refractivity contribution is 5.95. The van der Waals surface area contributed by atoms with Gasteiger partial charge in [0, 0.05) is 29.3 Å². The van der Waals surface area contributed by atoms with Gasteiger partial charge in [0.05, 0.1) is 6.04 Å². The largest absolute Gasteiger partial charge is 0.488 e. The summed E-state index contributed by atoms with van der Waals surface area (Å²) < 4.78 is 29.6. The number of nitrogens with zero attached hydrogens (tertiary/aromatic N) is 1. The molecule has 1 aromatic carbocycles. The molecule has 0 saturated carbocycles. The van der Waals surface area contributed by atoms with Crippen LogP contribution in [0, 0.1) is 19.8 Å². The molecule has 30 heavy (non-hydrogen) atoms. The van der Waals surface area contributed by atoms with Gasteiger partial charge in [-0.25, -0.2) is 8.78 Å². The first-order valence-electron chi connectivity index (χ1n) is 9.89. The van der Waals surface area contributed by atoms with Gasteiger partial charge in [-0.3, -0.25) is 14.6 Å². The van der Waals surface area contributed by atoms with E-state index in [4.69, 9.17) is 4.74 Å². The zero-order valence-corrected chi connectivity index (χ0v) is 18.0. The van der Waals surface area contributed by atoms with Crippen molar-refractivity contribution in [1.82, 2.24) is 10.3 Å². The van der Waals surface area contributed by atoms with Gasteiger partial charge >= 0.3 is 0 Å². The second-order valence-electron chi connectivity index (χ2n) is 7.70. The first-order valence-corrected chi connectivity index (χ1v) is 9.89. The summed E-state index contributed by atoms with van der Waals surface area (Å²) in [4.78, 5) is 29.2. The lowest BCUT2D eigenvalue weighted by molar-refractivity contribution is -0.121. The van der Waals surface area contributed by atoms with Crippen LogP contribution in [-0.2, 0) is 11.2 Å². The molecule has 1 amide bonds. The number of benzene rings is 1. The van der Waals surface area contributed by atoms with Crippen LogP contribution in [0.2, 0.25) is 0 Å². The van der Waals surface area contributed by atoms with Gasteiger partial charge in [-0.2, -0.15) is 0 Å². The monoisotopic (exact) mass is 418 g/mol. The first kappa shape index (κ1) is 23.4. The molecule has 1 unspecified atom stereocenters. The number of carbonyl (C=O) groups excluding carboxylic acids is 2. The molecule has 0 aliphatic carbocycles. The Morgan fingerprint density at radius 2 is 1.80 bits per heavy atom. The Morgan fingerprint density at radius 1 is 1.10 bits per heavy atom. The number of ketones is 1. The van der Waals surface area contributed by atoms with Gasteiger partial charge in [-0.15, -0.1) is 0 Å². The maximum absolute atomic E-state index is 12.8. The molecule has 1 N–H and O–H groups in total. The maximum Gasteiger partial charge on any atom is 0.272 e. The fraction of sp³-hybridized carbons (Fsp3) is 0.435. The number of aryl methyl sites for hydroxylation is 2. The third-order valence-electron chi connectivity index (χ3n) is 4.70. The zero-order chi connectivity index (χ0) is 22.4. The number of amides is 1. The highest BCUT2D eigenvalue weighted by atomic mass is 19.3. The lowest BCUT2D eigenvalue weighted by Crippen LogP contribution is -2.27. The Kier molecular flexibility index (Phi) is 8.03. The summed E-state index contributed by atoms with van der Waals surface area (Å²) >= 11 is 0. The van der Waals surface area contributed by atoms with Gasteiger partial charge in [-0.05, 0) is 56.2 Å². The van der Waals surface area contributed by atoms with E-state index in [1.54, 1.807) is 37.3 Å². The Bertz CT molecular complexity index is 913. The van der Waals surface area contributed by atoms with Gasteiger partial charge in [0.1, 0.15) is 18.1 Å². The Hall–Kier alpha value is -2.83. The summed E-state index contributed by atoms with van der Waals surface area (Å²) in [6.07, 6.45) is -2.35. The number of ether oxygens (including phenoxy) is 1. The quantitative estimate of drug-likeness (QED) is 0.646.